The van der Waals surface area contributed by atoms with Crippen LogP contribution in [0.3, 0.4) is 0 Å². The van der Waals surface area contributed by atoms with Crippen molar-refractivity contribution in [2.75, 3.05) is 27.4 Å². The Morgan fingerprint density at radius 1 is 1.07 bits per heavy atom. The van der Waals surface area contributed by atoms with E-state index in [9.17, 15) is 14.7 Å². The standard InChI is InChI=1S/C24H27NO5/c1-15-6-8-17(9-7-15)21-20(23(27)24(28)25(21)12-5-13-29-3)22(26)19-11-10-18(30-4)14-16(19)2/h6-11,14,21,26H,5,12-13H2,1-4H3/b22-20+. The first-order valence-corrected chi connectivity index (χ1v) is 9.88. The molecule has 1 saturated heterocycles. The lowest BCUT2D eigenvalue weighted by Crippen LogP contribution is -2.31. The van der Waals surface area contributed by atoms with Crippen molar-refractivity contribution in [3.05, 3.63) is 70.3 Å². The number of aliphatic hydroxyl groups is 1. The number of carbonyl (C=O) groups excluding carboxylic acids is 2. The summed E-state index contributed by atoms with van der Waals surface area (Å²) in [5.41, 5.74) is 3.21. The third-order valence-electron chi connectivity index (χ3n) is 5.37. The first kappa shape index (κ1) is 21.6. The Morgan fingerprint density at radius 2 is 1.77 bits per heavy atom. The van der Waals surface area contributed by atoms with E-state index in [1.807, 2.05) is 38.1 Å². The number of likely N-dealkylation sites (tertiary alicyclic amines) is 1. The van der Waals surface area contributed by atoms with E-state index in [2.05, 4.69) is 0 Å². The summed E-state index contributed by atoms with van der Waals surface area (Å²) in [5, 5.41) is 11.1. The number of amides is 1. The van der Waals surface area contributed by atoms with Crippen molar-refractivity contribution in [3.63, 3.8) is 0 Å². The fourth-order valence-corrected chi connectivity index (χ4v) is 3.76. The van der Waals surface area contributed by atoms with E-state index in [4.69, 9.17) is 9.47 Å². The van der Waals surface area contributed by atoms with Crippen molar-refractivity contribution < 1.29 is 24.2 Å². The molecular formula is C24H27NO5. The zero-order chi connectivity index (χ0) is 21.8. The molecular weight excluding hydrogens is 382 g/mol. The maximum absolute atomic E-state index is 13.0. The Morgan fingerprint density at radius 3 is 2.37 bits per heavy atom. The second-order valence-electron chi connectivity index (χ2n) is 7.43. The van der Waals surface area contributed by atoms with E-state index in [0.29, 0.717) is 30.9 Å². The minimum atomic E-state index is -0.675. The molecule has 1 aliphatic rings. The van der Waals surface area contributed by atoms with Crippen LogP contribution in [0.2, 0.25) is 0 Å². The molecule has 0 aliphatic carbocycles. The molecule has 6 nitrogen and oxygen atoms in total. The highest BCUT2D eigenvalue weighted by molar-refractivity contribution is 6.46. The summed E-state index contributed by atoms with van der Waals surface area (Å²) < 4.78 is 10.3. The second kappa shape index (κ2) is 9.13. The SMILES string of the molecule is COCCCN1C(=O)C(=O)/C(=C(/O)c2ccc(OC)cc2C)C1c1ccc(C)cc1. The van der Waals surface area contributed by atoms with Crippen LogP contribution in [0.4, 0.5) is 0 Å². The van der Waals surface area contributed by atoms with E-state index >= 15 is 0 Å². The number of rotatable bonds is 7. The first-order chi connectivity index (χ1) is 14.4. The molecule has 1 unspecified atom stereocenters. The van der Waals surface area contributed by atoms with Crippen LogP contribution in [0.25, 0.3) is 5.76 Å². The zero-order valence-electron chi connectivity index (χ0n) is 17.8. The molecule has 0 radical (unpaired) electrons. The molecule has 30 heavy (non-hydrogen) atoms. The molecule has 3 rings (SSSR count). The highest BCUT2D eigenvalue weighted by atomic mass is 16.5. The molecule has 2 aromatic carbocycles. The van der Waals surface area contributed by atoms with Gasteiger partial charge in [0, 0.05) is 25.8 Å². The van der Waals surface area contributed by atoms with E-state index < -0.39 is 17.7 Å². The minimum absolute atomic E-state index is 0.106. The van der Waals surface area contributed by atoms with E-state index in [0.717, 1.165) is 16.7 Å². The van der Waals surface area contributed by atoms with Crippen LogP contribution in [-0.4, -0.2) is 49.1 Å². The van der Waals surface area contributed by atoms with Gasteiger partial charge in [-0.25, -0.2) is 0 Å². The van der Waals surface area contributed by atoms with Gasteiger partial charge in [0.1, 0.15) is 11.5 Å². The van der Waals surface area contributed by atoms with Crippen molar-refractivity contribution in [3.8, 4) is 5.75 Å². The average Bonchev–Trinajstić information content (AvgIpc) is 2.99. The van der Waals surface area contributed by atoms with Crippen LogP contribution in [-0.2, 0) is 14.3 Å². The largest absolute Gasteiger partial charge is 0.507 e. The number of aliphatic hydroxyl groups excluding tert-OH is 1. The van der Waals surface area contributed by atoms with Gasteiger partial charge in [-0.3, -0.25) is 9.59 Å². The van der Waals surface area contributed by atoms with Crippen molar-refractivity contribution in [2.24, 2.45) is 0 Å². The number of Topliss-reactive ketones (excluding diaryl/α,β-unsaturated/α-hetero) is 1. The number of aryl methyl sites for hydroxylation is 2. The fourth-order valence-electron chi connectivity index (χ4n) is 3.76. The third-order valence-corrected chi connectivity index (χ3v) is 5.37. The molecule has 2 aromatic rings. The quantitative estimate of drug-likeness (QED) is 0.326. The van der Waals surface area contributed by atoms with Gasteiger partial charge in [-0.2, -0.15) is 0 Å². The summed E-state index contributed by atoms with van der Waals surface area (Å²) in [6.07, 6.45) is 0.591. The summed E-state index contributed by atoms with van der Waals surface area (Å²) in [5.74, 6) is -0.803. The van der Waals surface area contributed by atoms with Gasteiger partial charge in [-0.1, -0.05) is 29.8 Å². The van der Waals surface area contributed by atoms with Crippen LogP contribution in [0.15, 0.2) is 48.0 Å². The summed E-state index contributed by atoms with van der Waals surface area (Å²) in [7, 11) is 3.16. The molecule has 1 heterocycles. The Hall–Kier alpha value is -3.12. The number of benzene rings is 2. The number of ketones is 1. The van der Waals surface area contributed by atoms with Gasteiger partial charge in [0.2, 0.25) is 0 Å². The lowest BCUT2D eigenvalue weighted by Gasteiger charge is -2.25. The smallest absolute Gasteiger partial charge is 0.295 e. The average molecular weight is 409 g/mol. The summed E-state index contributed by atoms with van der Waals surface area (Å²) in [6, 6.07) is 12.2. The second-order valence-corrected chi connectivity index (χ2v) is 7.43. The van der Waals surface area contributed by atoms with Crippen molar-refractivity contribution in [1.82, 2.24) is 4.90 Å². The normalized spacial score (nSPS) is 18.1. The molecule has 1 fully saturated rings. The van der Waals surface area contributed by atoms with Gasteiger partial charge < -0.3 is 19.5 Å². The topological polar surface area (TPSA) is 76.1 Å². The Labute approximate surface area is 176 Å². The predicted molar refractivity (Wildman–Crippen MR) is 114 cm³/mol. The maximum Gasteiger partial charge on any atom is 0.295 e. The number of carbonyl (C=O) groups is 2. The van der Waals surface area contributed by atoms with Crippen LogP contribution in [0, 0.1) is 13.8 Å². The summed E-state index contributed by atoms with van der Waals surface area (Å²) >= 11 is 0. The summed E-state index contributed by atoms with van der Waals surface area (Å²) in [4.78, 5) is 27.4. The molecule has 1 atom stereocenters. The van der Waals surface area contributed by atoms with Crippen LogP contribution in [0.5, 0.6) is 5.75 Å². The van der Waals surface area contributed by atoms with Crippen molar-refractivity contribution >= 4 is 17.4 Å². The monoisotopic (exact) mass is 409 g/mol. The van der Waals surface area contributed by atoms with Gasteiger partial charge in [0.25, 0.3) is 11.7 Å². The van der Waals surface area contributed by atoms with Crippen molar-refractivity contribution in [2.45, 2.75) is 26.3 Å². The van der Waals surface area contributed by atoms with E-state index in [1.165, 1.54) is 4.90 Å². The maximum atomic E-state index is 13.0. The molecule has 158 valence electrons. The van der Waals surface area contributed by atoms with E-state index in [-0.39, 0.29) is 11.3 Å². The van der Waals surface area contributed by atoms with Gasteiger partial charge >= 0.3 is 0 Å². The van der Waals surface area contributed by atoms with Crippen molar-refractivity contribution in [1.29, 1.82) is 0 Å². The Balaban J connectivity index is 2.13. The molecule has 0 saturated carbocycles. The molecule has 0 spiro atoms. The summed E-state index contributed by atoms with van der Waals surface area (Å²) in [6.45, 7) is 4.63. The van der Waals surface area contributed by atoms with Crippen LogP contribution < -0.4 is 4.74 Å². The Bertz CT molecular complexity index is 978. The Kier molecular flexibility index (Phi) is 6.57. The van der Waals surface area contributed by atoms with Crippen LogP contribution >= 0.6 is 0 Å². The lowest BCUT2D eigenvalue weighted by atomic mass is 9.93. The van der Waals surface area contributed by atoms with E-state index in [1.54, 1.807) is 32.4 Å². The fraction of sp³-hybridized carbons (Fsp3) is 0.333. The number of methoxy groups -OCH3 is 2. The molecule has 6 heteroatoms. The molecule has 1 aliphatic heterocycles. The minimum Gasteiger partial charge on any atom is -0.507 e. The van der Waals surface area contributed by atoms with Gasteiger partial charge in [-0.05, 0) is 49.6 Å². The van der Waals surface area contributed by atoms with Crippen LogP contribution in [0.1, 0.15) is 34.7 Å². The van der Waals surface area contributed by atoms with Gasteiger partial charge in [0.05, 0.1) is 18.7 Å². The lowest BCUT2D eigenvalue weighted by molar-refractivity contribution is -0.140. The number of hydrogen-bond acceptors (Lipinski definition) is 5. The highest BCUT2D eigenvalue weighted by Gasteiger charge is 2.45. The molecule has 0 aromatic heterocycles. The van der Waals surface area contributed by atoms with Gasteiger partial charge in [0.15, 0.2) is 0 Å². The zero-order valence-corrected chi connectivity index (χ0v) is 17.8. The first-order valence-electron chi connectivity index (χ1n) is 9.88. The van der Waals surface area contributed by atoms with Gasteiger partial charge in [-0.15, -0.1) is 0 Å². The molecule has 1 amide bonds. The predicted octanol–water partition coefficient (Wildman–Crippen LogP) is 3.77. The highest BCUT2D eigenvalue weighted by Crippen LogP contribution is 2.40. The third kappa shape index (κ3) is 4.09. The number of ether oxygens (including phenoxy) is 2. The number of nitrogens with zero attached hydrogens (tertiary/aromatic N) is 1. The molecule has 1 N–H and O–H groups in total. The molecule has 0 bridgehead atoms. The number of hydrogen-bond donors (Lipinski definition) is 1.